The molecule has 0 fully saturated rings. The van der Waals surface area contributed by atoms with Crippen molar-refractivity contribution < 1.29 is 9.47 Å². The highest BCUT2D eigenvalue weighted by Crippen LogP contribution is 2.23. The minimum atomic E-state index is 0.238. The summed E-state index contributed by atoms with van der Waals surface area (Å²) in [6.45, 7) is 4.74. The molecule has 0 aliphatic rings. The Kier molecular flexibility index (Phi) is 6.47. The molecule has 0 bridgehead atoms. The van der Waals surface area contributed by atoms with Crippen molar-refractivity contribution in [2.24, 2.45) is 0 Å². The van der Waals surface area contributed by atoms with Crippen molar-refractivity contribution in [3.05, 3.63) is 28.8 Å². The molecule has 0 spiro atoms. The van der Waals surface area contributed by atoms with Crippen LogP contribution in [0.25, 0.3) is 0 Å². The second-order valence-electron chi connectivity index (χ2n) is 4.53. The van der Waals surface area contributed by atoms with Gasteiger partial charge in [-0.25, -0.2) is 0 Å². The molecule has 18 heavy (non-hydrogen) atoms. The fourth-order valence-corrected chi connectivity index (χ4v) is 1.92. The zero-order valence-corrected chi connectivity index (χ0v) is 12.3. The fraction of sp³-hybridized carbons (Fsp3) is 0.571. The second kappa shape index (κ2) is 7.62. The molecule has 1 aromatic rings. The van der Waals surface area contributed by atoms with Gasteiger partial charge in [-0.15, -0.1) is 0 Å². The lowest BCUT2D eigenvalue weighted by atomic mass is 10.1. The minimum Gasteiger partial charge on any atom is -0.496 e. The van der Waals surface area contributed by atoms with E-state index in [2.05, 4.69) is 5.32 Å². The lowest BCUT2D eigenvalue weighted by Crippen LogP contribution is -2.33. The standard InChI is InChI=1S/C14H22ClNO2/c1-10(2)18-9-13(16-3)8-11-7-12(15)5-6-14(11)17-4/h5-7,10,13,16H,8-9H2,1-4H3. The summed E-state index contributed by atoms with van der Waals surface area (Å²) in [5, 5.41) is 3.98. The fourth-order valence-electron chi connectivity index (χ4n) is 1.73. The number of likely N-dealkylation sites (N-methyl/N-ethyl adjacent to an activating group) is 1. The highest BCUT2D eigenvalue weighted by Gasteiger charge is 2.12. The van der Waals surface area contributed by atoms with Crippen LogP contribution in [0.15, 0.2) is 18.2 Å². The topological polar surface area (TPSA) is 30.5 Å². The molecule has 0 radical (unpaired) electrons. The minimum absolute atomic E-state index is 0.238. The van der Waals surface area contributed by atoms with Crippen LogP contribution in [0.5, 0.6) is 5.75 Å². The molecule has 0 aliphatic heterocycles. The van der Waals surface area contributed by atoms with Gasteiger partial charge in [0.1, 0.15) is 5.75 Å². The maximum Gasteiger partial charge on any atom is 0.122 e. The maximum atomic E-state index is 6.02. The van der Waals surface area contributed by atoms with E-state index >= 15 is 0 Å². The van der Waals surface area contributed by atoms with E-state index in [-0.39, 0.29) is 12.1 Å². The van der Waals surface area contributed by atoms with Crippen molar-refractivity contribution in [2.75, 3.05) is 20.8 Å². The van der Waals surface area contributed by atoms with E-state index in [1.165, 1.54) is 0 Å². The van der Waals surface area contributed by atoms with Gasteiger partial charge in [-0.3, -0.25) is 0 Å². The second-order valence-corrected chi connectivity index (χ2v) is 4.96. The van der Waals surface area contributed by atoms with Crippen LogP contribution in [0, 0.1) is 0 Å². The molecule has 1 rings (SSSR count). The molecule has 0 amide bonds. The van der Waals surface area contributed by atoms with Crippen LogP contribution in [0.4, 0.5) is 0 Å². The Bertz CT molecular complexity index is 369. The summed E-state index contributed by atoms with van der Waals surface area (Å²) >= 11 is 6.02. The average Bonchev–Trinajstić information content (AvgIpc) is 2.34. The monoisotopic (exact) mass is 271 g/mol. The van der Waals surface area contributed by atoms with Gasteiger partial charge < -0.3 is 14.8 Å². The molecule has 3 nitrogen and oxygen atoms in total. The molecule has 1 N–H and O–H groups in total. The first kappa shape index (κ1) is 15.3. The van der Waals surface area contributed by atoms with Crippen molar-refractivity contribution in [1.29, 1.82) is 0 Å². The van der Waals surface area contributed by atoms with Crippen LogP contribution in [-0.4, -0.2) is 32.9 Å². The Morgan fingerprint density at radius 3 is 2.61 bits per heavy atom. The molecule has 1 unspecified atom stereocenters. The summed E-state index contributed by atoms with van der Waals surface area (Å²) in [7, 11) is 3.61. The van der Waals surface area contributed by atoms with Crippen molar-refractivity contribution in [2.45, 2.75) is 32.4 Å². The van der Waals surface area contributed by atoms with E-state index in [0.29, 0.717) is 6.61 Å². The first-order valence-electron chi connectivity index (χ1n) is 6.18. The van der Waals surface area contributed by atoms with Crippen molar-refractivity contribution >= 4 is 11.6 Å². The number of benzene rings is 1. The molecule has 0 aliphatic carbocycles. The largest absolute Gasteiger partial charge is 0.496 e. The predicted octanol–water partition coefficient (Wildman–Crippen LogP) is 2.90. The van der Waals surface area contributed by atoms with Crippen LogP contribution >= 0.6 is 11.6 Å². The third kappa shape index (κ3) is 4.84. The molecule has 0 saturated heterocycles. The van der Waals surface area contributed by atoms with Gasteiger partial charge in [0, 0.05) is 11.1 Å². The molecule has 102 valence electrons. The molecule has 4 heteroatoms. The quantitative estimate of drug-likeness (QED) is 0.827. The van der Waals surface area contributed by atoms with Gasteiger partial charge in [0.15, 0.2) is 0 Å². The third-order valence-electron chi connectivity index (χ3n) is 2.75. The van der Waals surface area contributed by atoms with Gasteiger partial charge in [-0.1, -0.05) is 11.6 Å². The summed E-state index contributed by atoms with van der Waals surface area (Å²) in [6.07, 6.45) is 1.06. The predicted molar refractivity (Wildman–Crippen MR) is 75.6 cm³/mol. The van der Waals surface area contributed by atoms with E-state index in [1.54, 1.807) is 7.11 Å². The summed E-state index contributed by atoms with van der Waals surface area (Å²) < 4.78 is 11.0. The lowest BCUT2D eigenvalue weighted by Gasteiger charge is -2.19. The zero-order valence-electron chi connectivity index (χ0n) is 11.5. The number of hydrogen-bond donors (Lipinski definition) is 1. The van der Waals surface area contributed by atoms with Crippen LogP contribution in [0.3, 0.4) is 0 Å². The molecule has 0 aromatic heterocycles. The van der Waals surface area contributed by atoms with Crippen LogP contribution < -0.4 is 10.1 Å². The van der Waals surface area contributed by atoms with Crippen molar-refractivity contribution in [3.8, 4) is 5.75 Å². The number of hydrogen-bond acceptors (Lipinski definition) is 3. The lowest BCUT2D eigenvalue weighted by molar-refractivity contribution is 0.0627. The Balaban J connectivity index is 2.71. The van der Waals surface area contributed by atoms with Crippen LogP contribution in [-0.2, 0) is 11.2 Å². The van der Waals surface area contributed by atoms with Crippen molar-refractivity contribution in [3.63, 3.8) is 0 Å². The molecule has 1 atom stereocenters. The highest BCUT2D eigenvalue weighted by atomic mass is 35.5. The smallest absolute Gasteiger partial charge is 0.122 e. The Hall–Kier alpha value is -0.770. The Morgan fingerprint density at radius 1 is 1.33 bits per heavy atom. The van der Waals surface area contributed by atoms with Gasteiger partial charge in [0.25, 0.3) is 0 Å². The number of rotatable bonds is 7. The molecular weight excluding hydrogens is 250 g/mol. The van der Waals surface area contributed by atoms with E-state index in [9.17, 15) is 0 Å². The number of methoxy groups -OCH3 is 1. The van der Waals surface area contributed by atoms with E-state index in [1.807, 2.05) is 39.1 Å². The molecule has 0 heterocycles. The van der Waals surface area contributed by atoms with Crippen LogP contribution in [0.2, 0.25) is 5.02 Å². The number of halogens is 1. The summed E-state index contributed by atoms with van der Waals surface area (Å²) in [5.41, 5.74) is 1.09. The summed E-state index contributed by atoms with van der Waals surface area (Å²) in [5.74, 6) is 0.865. The zero-order chi connectivity index (χ0) is 13.5. The van der Waals surface area contributed by atoms with Gasteiger partial charge >= 0.3 is 0 Å². The first-order chi connectivity index (χ1) is 8.56. The first-order valence-corrected chi connectivity index (χ1v) is 6.56. The Labute approximate surface area is 114 Å². The number of ether oxygens (including phenoxy) is 2. The summed E-state index contributed by atoms with van der Waals surface area (Å²) in [4.78, 5) is 0. The van der Waals surface area contributed by atoms with Crippen LogP contribution in [0.1, 0.15) is 19.4 Å². The molecule has 0 saturated carbocycles. The van der Waals surface area contributed by atoms with Gasteiger partial charge in [-0.05, 0) is 51.1 Å². The van der Waals surface area contributed by atoms with Crippen molar-refractivity contribution in [1.82, 2.24) is 5.32 Å². The third-order valence-corrected chi connectivity index (χ3v) is 2.98. The maximum absolute atomic E-state index is 6.02. The van der Waals surface area contributed by atoms with Gasteiger partial charge in [0.2, 0.25) is 0 Å². The van der Waals surface area contributed by atoms with Gasteiger partial charge in [0.05, 0.1) is 19.8 Å². The highest BCUT2D eigenvalue weighted by molar-refractivity contribution is 6.30. The van der Waals surface area contributed by atoms with E-state index < -0.39 is 0 Å². The normalized spacial score (nSPS) is 12.8. The molecule has 1 aromatic carbocycles. The number of nitrogens with one attached hydrogen (secondary N) is 1. The Morgan fingerprint density at radius 2 is 2.06 bits per heavy atom. The SMILES string of the molecule is CNC(COC(C)C)Cc1cc(Cl)ccc1OC. The summed E-state index contributed by atoms with van der Waals surface area (Å²) in [6, 6.07) is 5.93. The molecular formula is C14H22ClNO2. The van der Waals surface area contributed by atoms with E-state index in [4.69, 9.17) is 21.1 Å². The van der Waals surface area contributed by atoms with Gasteiger partial charge in [-0.2, -0.15) is 0 Å². The van der Waals surface area contributed by atoms with E-state index in [0.717, 1.165) is 22.8 Å². The average molecular weight is 272 g/mol.